The van der Waals surface area contributed by atoms with Crippen LogP contribution in [0, 0.1) is 10.1 Å². The number of nitro groups is 1. The van der Waals surface area contributed by atoms with Gasteiger partial charge >= 0.3 is 0 Å². The highest BCUT2D eigenvalue weighted by Crippen LogP contribution is 2.24. The van der Waals surface area contributed by atoms with Crippen LogP contribution < -0.4 is 5.73 Å². The van der Waals surface area contributed by atoms with Gasteiger partial charge in [-0.2, -0.15) is 0 Å². The molecule has 8 nitrogen and oxygen atoms in total. The van der Waals surface area contributed by atoms with Crippen molar-refractivity contribution >= 4 is 22.5 Å². The van der Waals surface area contributed by atoms with Gasteiger partial charge in [-0.25, -0.2) is 0 Å². The van der Waals surface area contributed by atoms with E-state index in [1.807, 2.05) is 0 Å². The first-order valence-corrected chi connectivity index (χ1v) is 4.61. The summed E-state index contributed by atoms with van der Waals surface area (Å²) in [5.74, 6) is -0.0493. The lowest BCUT2D eigenvalue weighted by molar-refractivity contribution is -0.384. The Morgan fingerprint density at radius 3 is 3.06 bits per heavy atom. The van der Waals surface area contributed by atoms with E-state index in [4.69, 9.17) is 15.5 Å². The topological polar surface area (TPSA) is 128 Å². The van der Waals surface area contributed by atoms with Gasteiger partial charge in [0.1, 0.15) is 5.84 Å². The van der Waals surface area contributed by atoms with E-state index in [0.717, 1.165) is 0 Å². The van der Waals surface area contributed by atoms with Crippen LogP contribution in [0.3, 0.4) is 0 Å². The molecule has 0 bridgehead atoms. The lowest BCUT2D eigenvalue weighted by Gasteiger charge is -1.94. The second kappa shape index (κ2) is 4.08. The van der Waals surface area contributed by atoms with E-state index >= 15 is 0 Å². The van der Waals surface area contributed by atoms with Gasteiger partial charge in [0.05, 0.1) is 22.4 Å². The van der Waals surface area contributed by atoms with Crippen molar-refractivity contribution in [1.29, 1.82) is 0 Å². The maximum atomic E-state index is 10.6. The largest absolute Gasteiger partial charge is 0.409 e. The van der Waals surface area contributed by atoms with Crippen molar-refractivity contribution in [2.24, 2.45) is 10.9 Å². The van der Waals surface area contributed by atoms with Gasteiger partial charge in [0, 0.05) is 12.1 Å². The number of aromatic nitrogens is 1. The molecule has 3 N–H and O–H groups in total. The fourth-order valence-electron chi connectivity index (χ4n) is 1.42. The SMILES string of the molecule is N/C(Cc1noc2ccc([N+](=O)[O-])cc12)=N\O. The maximum absolute atomic E-state index is 10.6. The molecule has 1 heterocycles. The molecule has 0 radical (unpaired) electrons. The molecule has 0 aliphatic carbocycles. The third-order valence-electron chi connectivity index (χ3n) is 2.22. The molecule has 2 rings (SSSR count). The Balaban J connectivity index is 2.50. The minimum absolute atomic E-state index is 0.0493. The number of oxime groups is 1. The molecule has 0 atom stereocenters. The van der Waals surface area contributed by atoms with E-state index < -0.39 is 4.92 Å². The number of amidine groups is 1. The minimum Gasteiger partial charge on any atom is -0.409 e. The Bertz CT molecular complexity index is 604. The van der Waals surface area contributed by atoms with Crippen molar-refractivity contribution in [2.45, 2.75) is 6.42 Å². The molecule has 0 amide bonds. The van der Waals surface area contributed by atoms with Crippen LogP contribution in [-0.2, 0) is 6.42 Å². The van der Waals surface area contributed by atoms with E-state index in [1.54, 1.807) is 0 Å². The van der Waals surface area contributed by atoms with Gasteiger partial charge in [-0.3, -0.25) is 10.1 Å². The zero-order valence-electron chi connectivity index (χ0n) is 8.53. The first kappa shape index (κ1) is 10.9. The highest BCUT2D eigenvalue weighted by Gasteiger charge is 2.14. The predicted octanol–water partition coefficient (Wildman–Crippen LogP) is 1.02. The minimum atomic E-state index is -0.514. The number of nitro benzene ring substituents is 1. The van der Waals surface area contributed by atoms with Crippen LogP contribution in [0.25, 0.3) is 11.0 Å². The smallest absolute Gasteiger partial charge is 0.270 e. The average Bonchev–Trinajstić information content (AvgIpc) is 2.71. The highest BCUT2D eigenvalue weighted by molar-refractivity contribution is 5.88. The summed E-state index contributed by atoms with van der Waals surface area (Å²) in [6.45, 7) is 0. The Kier molecular flexibility index (Phi) is 2.61. The first-order valence-electron chi connectivity index (χ1n) is 4.61. The molecule has 0 unspecified atom stereocenters. The number of benzene rings is 1. The van der Waals surface area contributed by atoms with Gasteiger partial charge in [0.25, 0.3) is 5.69 Å². The van der Waals surface area contributed by atoms with Crippen LogP contribution in [0.1, 0.15) is 5.69 Å². The summed E-state index contributed by atoms with van der Waals surface area (Å²) in [7, 11) is 0. The molecular formula is C9H8N4O4. The summed E-state index contributed by atoms with van der Waals surface area (Å²) in [5, 5.41) is 26.1. The number of hydrogen-bond donors (Lipinski definition) is 2. The first-order chi connectivity index (χ1) is 8.11. The highest BCUT2D eigenvalue weighted by atomic mass is 16.6. The summed E-state index contributed by atoms with van der Waals surface area (Å²) in [5.41, 5.74) is 6.07. The van der Waals surface area contributed by atoms with Gasteiger partial charge in [-0.05, 0) is 6.07 Å². The van der Waals surface area contributed by atoms with Crippen molar-refractivity contribution in [3.63, 3.8) is 0 Å². The zero-order valence-corrected chi connectivity index (χ0v) is 8.53. The number of non-ortho nitro benzene ring substituents is 1. The normalized spacial score (nSPS) is 11.9. The fourth-order valence-corrected chi connectivity index (χ4v) is 1.42. The Morgan fingerprint density at radius 2 is 2.41 bits per heavy atom. The number of nitrogens with zero attached hydrogens (tertiary/aromatic N) is 3. The summed E-state index contributed by atoms with van der Waals surface area (Å²) in [6, 6.07) is 4.11. The van der Waals surface area contributed by atoms with Crippen molar-refractivity contribution < 1.29 is 14.7 Å². The third kappa shape index (κ3) is 2.00. The van der Waals surface area contributed by atoms with Gasteiger partial charge in [-0.1, -0.05) is 10.3 Å². The average molecular weight is 236 g/mol. The van der Waals surface area contributed by atoms with Crippen molar-refractivity contribution in [3.8, 4) is 0 Å². The number of nitrogens with two attached hydrogens (primary N) is 1. The van der Waals surface area contributed by atoms with Crippen LogP contribution in [0.15, 0.2) is 27.9 Å². The van der Waals surface area contributed by atoms with Crippen molar-refractivity contribution in [3.05, 3.63) is 34.0 Å². The van der Waals surface area contributed by atoms with E-state index in [9.17, 15) is 10.1 Å². The van der Waals surface area contributed by atoms with E-state index in [0.29, 0.717) is 16.7 Å². The second-order valence-electron chi connectivity index (χ2n) is 3.33. The molecule has 88 valence electrons. The predicted molar refractivity (Wildman–Crippen MR) is 57.8 cm³/mol. The van der Waals surface area contributed by atoms with Gasteiger partial charge < -0.3 is 15.5 Å². The van der Waals surface area contributed by atoms with Crippen molar-refractivity contribution in [2.75, 3.05) is 0 Å². The molecule has 2 aromatic rings. The fraction of sp³-hybridized carbons (Fsp3) is 0.111. The van der Waals surface area contributed by atoms with Crippen LogP contribution >= 0.6 is 0 Å². The van der Waals surface area contributed by atoms with Crippen LogP contribution in [0.5, 0.6) is 0 Å². The van der Waals surface area contributed by atoms with Crippen LogP contribution in [0.4, 0.5) is 5.69 Å². The number of rotatable bonds is 3. The molecular weight excluding hydrogens is 228 g/mol. The molecule has 0 saturated carbocycles. The number of hydrogen-bond acceptors (Lipinski definition) is 6. The van der Waals surface area contributed by atoms with E-state index in [2.05, 4.69) is 10.3 Å². The third-order valence-corrected chi connectivity index (χ3v) is 2.22. The van der Waals surface area contributed by atoms with Crippen LogP contribution in [-0.4, -0.2) is 21.1 Å². The monoisotopic (exact) mass is 236 g/mol. The summed E-state index contributed by atoms with van der Waals surface area (Å²) in [6.07, 6.45) is 0.0602. The van der Waals surface area contributed by atoms with Crippen LogP contribution in [0.2, 0.25) is 0 Å². The van der Waals surface area contributed by atoms with E-state index in [-0.39, 0.29) is 17.9 Å². The lowest BCUT2D eigenvalue weighted by Crippen LogP contribution is -2.14. The zero-order chi connectivity index (χ0) is 12.4. The molecule has 0 aliphatic heterocycles. The Labute approximate surface area is 94.4 Å². The van der Waals surface area contributed by atoms with Gasteiger partial charge in [-0.15, -0.1) is 0 Å². The quantitative estimate of drug-likeness (QED) is 0.269. The second-order valence-corrected chi connectivity index (χ2v) is 3.33. The molecule has 0 fully saturated rings. The molecule has 8 heteroatoms. The van der Waals surface area contributed by atoms with Gasteiger partial charge in [0.2, 0.25) is 0 Å². The summed E-state index contributed by atoms with van der Waals surface area (Å²) >= 11 is 0. The van der Waals surface area contributed by atoms with E-state index in [1.165, 1.54) is 18.2 Å². The molecule has 0 aliphatic rings. The Hall–Kier alpha value is -2.64. The molecule has 1 aromatic carbocycles. The summed E-state index contributed by atoms with van der Waals surface area (Å²) in [4.78, 5) is 10.1. The molecule has 1 aromatic heterocycles. The molecule has 17 heavy (non-hydrogen) atoms. The lowest BCUT2D eigenvalue weighted by atomic mass is 10.1. The molecule has 0 spiro atoms. The standard InChI is InChI=1S/C9H8N4O4/c10-9(11-14)4-7-6-3-5(13(15)16)1-2-8(6)17-12-7/h1-3,14H,4H2,(H2,10,11). The van der Waals surface area contributed by atoms with Crippen molar-refractivity contribution in [1.82, 2.24) is 5.16 Å². The number of fused-ring (bicyclic) bond motifs is 1. The van der Waals surface area contributed by atoms with Gasteiger partial charge in [0.15, 0.2) is 5.58 Å². The summed E-state index contributed by atoms with van der Waals surface area (Å²) < 4.78 is 4.96. The Morgan fingerprint density at radius 1 is 1.65 bits per heavy atom. The maximum Gasteiger partial charge on any atom is 0.270 e. The molecule has 0 saturated heterocycles.